The number of unbranched alkanes of at least 4 members (excludes halogenated alkanes) is 4. The van der Waals surface area contributed by atoms with Crippen molar-refractivity contribution >= 4 is 12.6 Å². The van der Waals surface area contributed by atoms with E-state index in [1.54, 1.807) is 0 Å². The minimum Gasteiger partial charge on any atom is -0.330 e. The fourth-order valence-electron chi connectivity index (χ4n) is 1.13. The maximum absolute atomic E-state index is 5.39. The van der Waals surface area contributed by atoms with Crippen LogP contribution >= 0.6 is 12.6 Å². The molecular formula is C9H22N2S. The Labute approximate surface area is 81.7 Å². The van der Waals surface area contributed by atoms with E-state index in [2.05, 4.69) is 17.9 Å². The lowest BCUT2D eigenvalue weighted by Gasteiger charge is -2.02. The molecular weight excluding hydrogens is 168 g/mol. The third-order valence-electron chi connectivity index (χ3n) is 1.85. The molecule has 0 aromatic carbocycles. The van der Waals surface area contributed by atoms with Gasteiger partial charge in [0.25, 0.3) is 0 Å². The van der Waals surface area contributed by atoms with Gasteiger partial charge in [0, 0.05) is 12.3 Å². The minimum atomic E-state index is 0.845. The monoisotopic (exact) mass is 190 g/mol. The summed E-state index contributed by atoms with van der Waals surface area (Å²) in [5.41, 5.74) is 5.39. The molecule has 0 aromatic heterocycles. The van der Waals surface area contributed by atoms with Crippen LogP contribution < -0.4 is 11.1 Å². The molecule has 2 nitrogen and oxygen atoms in total. The van der Waals surface area contributed by atoms with Crippen LogP contribution in [0.2, 0.25) is 0 Å². The molecule has 0 unspecified atom stereocenters. The molecule has 0 aliphatic rings. The molecule has 0 bridgehead atoms. The first-order valence-electron chi connectivity index (χ1n) is 4.93. The zero-order valence-corrected chi connectivity index (χ0v) is 8.78. The summed E-state index contributed by atoms with van der Waals surface area (Å²) in [5.74, 6) is 0.938. The maximum Gasteiger partial charge on any atom is 0.00397 e. The molecule has 0 rings (SSSR count). The Hall–Kier alpha value is 0.270. The van der Waals surface area contributed by atoms with Gasteiger partial charge in [-0.2, -0.15) is 12.6 Å². The van der Waals surface area contributed by atoms with Gasteiger partial charge in [-0.25, -0.2) is 0 Å². The molecule has 0 atom stereocenters. The van der Waals surface area contributed by atoms with Crippen LogP contribution in [0.25, 0.3) is 0 Å². The van der Waals surface area contributed by atoms with E-state index in [1.165, 1.54) is 32.1 Å². The summed E-state index contributed by atoms with van der Waals surface area (Å²) in [6.45, 7) is 3.02. The quantitative estimate of drug-likeness (QED) is 0.380. The molecule has 0 saturated carbocycles. The van der Waals surface area contributed by atoms with Crippen molar-refractivity contribution in [3.05, 3.63) is 0 Å². The number of rotatable bonds is 9. The summed E-state index contributed by atoms with van der Waals surface area (Å²) in [6.07, 6.45) is 6.44. The highest BCUT2D eigenvalue weighted by molar-refractivity contribution is 7.80. The molecule has 0 fully saturated rings. The summed E-state index contributed by atoms with van der Waals surface area (Å²) in [4.78, 5) is 0. The van der Waals surface area contributed by atoms with Crippen molar-refractivity contribution in [2.24, 2.45) is 5.73 Å². The number of hydrogen-bond donors (Lipinski definition) is 3. The van der Waals surface area contributed by atoms with Gasteiger partial charge in [-0.1, -0.05) is 19.3 Å². The number of nitrogens with two attached hydrogens (primary N) is 1. The lowest BCUT2D eigenvalue weighted by Crippen LogP contribution is -2.17. The van der Waals surface area contributed by atoms with Crippen LogP contribution in [0, 0.1) is 0 Å². The topological polar surface area (TPSA) is 38.0 Å². The predicted molar refractivity (Wildman–Crippen MR) is 58.9 cm³/mol. The van der Waals surface area contributed by atoms with Gasteiger partial charge in [0.2, 0.25) is 0 Å². The molecule has 3 heteroatoms. The summed E-state index contributed by atoms with van der Waals surface area (Å²) in [5, 5.41) is 3.32. The standard InChI is InChI=1S/C9H22N2S/c10-6-4-2-1-3-5-7-11-8-9-12/h11-12H,1-10H2. The lowest BCUT2D eigenvalue weighted by atomic mass is 10.1. The van der Waals surface area contributed by atoms with Crippen molar-refractivity contribution in [3.63, 3.8) is 0 Å². The Morgan fingerprint density at radius 2 is 1.58 bits per heavy atom. The van der Waals surface area contributed by atoms with E-state index in [0.29, 0.717) is 0 Å². The zero-order valence-electron chi connectivity index (χ0n) is 7.89. The van der Waals surface area contributed by atoms with Crippen LogP contribution in [0.3, 0.4) is 0 Å². The predicted octanol–water partition coefficient (Wildman–Crippen LogP) is 1.42. The van der Waals surface area contributed by atoms with Crippen LogP contribution in [-0.2, 0) is 0 Å². The lowest BCUT2D eigenvalue weighted by molar-refractivity contribution is 0.587. The molecule has 0 saturated heterocycles. The third kappa shape index (κ3) is 10.3. The number of thiol groups is 1. The van der Waals surface area contributed by atoms with E-state index in [4.69, 9.17) is 5.73 Å². The van der Waals surface area contributed by atoms with Gasteiger partial charge in [-0.05, 0) is 25.9 Å². The molecule has 0 aliphatic carbocycles. The summed E-state index contributed by atoms with van der Waals surface area (Å²) in [6, 6.07) is 0. The highest BCUT2D eigenvalue weighted by Gasteiger charge is 1.89. The molecule has 0 aliphatic heterocycles. The van der Waals surface area contributed by atoms with Gasteiger partial charge in [-0.15, -0.1) is 0 Å². The summed E-state index contributed by atoms with van der Waals surface area (Å²) in [7, 11) is 0. The highest BCUT2D eigenvalue weighted by Crippen LogP contribution is 2.00. The Bertz CT molecular complexity index is 68.9. The molecule has 0 amide bonds. The zero-order chi connectivity index (χ0) is 9.07. The Kier molecular flexibility index (Phi) is 11.5. The van der Waals surface area contributed by atoms with Crippen LogP contribution in [0.5, 0.6) is 0 Å². The summed E-state index contributed by atoms with van der Waals surface area (Å²) < 4.78 is 0. The van der Waals surface area contributed by atoms with Crippen molar-refractivity contribution in [2.45, 2.75) is 32.1 Å². The molecule has 0 heterocycles. The van der Waals surface area contributed by atoms with E-state index >= 15 is 0 Å². The fourth-order valence-corrected chi connectivity index (χ4v) is 1.29. The SMILES string of the molecule is NCCCCCCCNCCS. The number of nitrogens with one attached hydrogen (secondary N) is 1. The van der Waals surface area contributed by atoms with Crippen LogP contribution in [0.15, 0.2) is 0 Å². The largest absolute Gasteiger partial charge is 0.330 e. The van der Waals surface area contributed by atoms with Crippen molar-refractivity contribution in [3.8, 4) is 0 Å². The van der Waals surface area contributed by atoms with Crippen molar-refractivity contribution in [1.82, 2.24) is 5.32 Å². The van der Waals surface area contributed by atoms with E-state index < -0.39 is 0 Å². The third-order valence-corrected chi connectivity index (χ3v) is 2.07. The van der Waals surface area contributed by atoms with Gasteiger partial charge >= 0.3 is 0 Å². The molecule has 0 spiro atoms. The van der Waals surface area contributed by atoms with E-state index in [-0.39, 0.29) is 0 Å². The maximum atomic E-state index is 5.39. The smallest absolute Gasteiger partial charge is 0.00397 e. The van der Waals surface area contributed by atoms with Gasteiger partial charge < -0.3 is 11.1 Å². The van der Waals surface area contributed by atoms with E-state index in [9.17, 15) is 0 Å². The van der Waals surface area contributed by atoms with Crippen LogP contribution in [0.4, 0.5) is 0 Å². The Morgan fingerprint density at radius 3 is 2.25 bits per heavy atom. The molecule has 12 heavy (non-hydrogen) atoms. The average Bonchev–Trinajstić information content (AvgIpc) is 2.10. The summed E-state index contributed by atoms with van der Waals surface area (Å²) >= 11 is 4.12. The van der Waals surface area contributed by atoms with Gasteiger partial charge in [-0.3, -0.25) is 0 Å². The fraction of sp³-hybridized carbons (Fsp3) is 1.00. The molecule has 3 N–H and O–H groups in total. The van der Waals surface area contributed by atoms with Crippen molar-refractivity contribution in [2.75, 3.05) is 25.4 Å². The molecule has 74 valence electrons. The molecule has 0 radical (unpaired) electrons. The average molecular weight is 190 g/mol. The Morgan fingerprint density at radius 1 is 0.917 bits per heavy atom. The highest BCUT2D eigenvalue weighted by atomic mass is 32.1. The van der Waals surface area contributed by atoms with Gasteiger partial charge in [0.05, 0.1) is 0 Å². The van der Waals surface area contributed by atoms with Crippen molar-refractivity contribution < 1.29 is 0 Å². The van der Waals surface area contributed by atoms with Crippen LogP contribution in [-0.4, -0.2) is 25.4 Å². The number of hydrogen-bond acceptors (Lipinski definition) is 3. The van der Waals surface area contributed by atoms with Crippen molar-refractivity contribution in [1.29, 1.82) is 0 Å². The Balaban J connectivity index is 2.73. The van der Waals surface area contributed by atoms with E-state index in [0.717, 1.165) is 25.4 Å². The first kappa shape index (κ1) is 12.3. The second-order valence-corrected chi connectivity index (χ2v) is 3.48. The van der Waals surface area contributed by atoms with Crippen LogP contribution in [0.1, 0.15) is 32.1 Å². The van der Waals surface area contributed by atoms with E-state index in [1.807, 2.05) is 0 Å². The minimum absolute atomic E-state index is 0.845. The van der Waals surface area contributed by atoms with Gasteiger partial charge in [0.1, 0.15) is 0 Å². The van der Waals surface area contributed by atoms with Gasteiger partial charge in [0.15, 0.2) is 0 Å². The molecule has 0 aromatic rings. The first-order chi connectivity index (χ1) is 5.91. The second-order valence-electron chi connectivity index (χ2n) is 3.03. The first-order valence-corrected chi connectivity index (χ1v) is 5.56. The normalized spacial score (nSPS) is 10.5. The second kappa shape index (κ2) is 11.3.